The molecule has 12 rings (SSSR count). The minimum atomic E-state index is 0.874. The van der Waals surface area contributed by atoms with Gasteiger partial charge < -0.3 is 8.98 Å². The Hall–Kier alpha value is -7.20. The first kappa shape index (κ1) is 32.1. The second-order valence-electron chi connectivity index (χ2n) is 14.8. The third-order valence-electron chi connectivity index (χ3n) is 11.6. The third kappa shape index (κ3) is 4.96. The summed E-state index contributed by atoms with van der Waals surface area (Å²) in [7, 11) is 0. The van der Waals surface area contributed by atoms with Gasteiger partial charge in [-0.1, -0.05) is 158 Å². The van der Waals surface area contributed by atoms with Crippen LogP contribution >= 0.6 is 11.3 Å². The molecule has 3 aromatic heterocycles. The van der Waals surface area contributed by atoms with Crippen LogP contribution in [-0.4, -0.2) is 4.57 Å². The highest BCUT2D eigenvalue weighted by Crippen LogP contribution is 2.48. The molecular formula is C54H33NOS. The Kier molecular flexibility index (Phi) is 7.13. The Labute approximate surface area is 333 Å². The van der Waals surface area contributed by atoms with E-state index in [1.54, 1.807) is 0 Å². The fraction of sp³-hybridized carbons (Fsp3) is 0. The molecule has 0 unspecified atom stereocenters. The van der Waals surface area contributed by atoms with E-state index in [2.05, 4.69) is 205 Å². The van der Waals surface area contributed by atoms with Gasteiger partial charge in [0.15, 0.2) is 5.58 Å². The first-order chi connectivity index (χ1) is 28.3. The topological polar surface area (TPSA) is 18.1 Å². The molecule has 0 N–H and O–H groups in total. The normalized spacial score (nSPS) is 11.9. The van der Waals surface area contributed by atoms with Gasteiger partial charge in [-0.3, -0.25) is 0 Å². The molecule has 0 aliphatic rings. The molecule has 0 atom stereocenters. The largest absolute Gasteiger partial charge is 0.453 e. The van der Waals surface area contributed by atoms with Gasteiger partial charge in [0.25, 0.3) is 0 Å². The SMILES string of the molecule is c1ccc(-c2ccc3c(c2)c2cc(-c4ccccc4)ccc2n3-c2cccc3c2oc2c(-c4ccccc4)ccc(-c4cccc5c4sc4ccccc45)c23)cc1. The number of rotatable bonds is 5. The molecule has 0 saturated heterocycles. The second kappa shape index (κ2) is 12.7. The highest BCUT2D eigenvalue weighted by molar-refractivity contribution is 7.26. The zero-order valence-corrected chi connectivity index (χ0v) is 31.6. The Morgan fingerprint density at radius 2 is 0.912 bits per heavy atom. The van der Waals surface area contributed by atoms with E-state index >= 15 is 0 Å². The maximum Gasteiger partial charge on any atom is 0.159 e. The van der Waals surface area contributed by atoms with Crippen LogP contribution in [0.4, 0.5) is 0 Å². The zero-order valence-electron chi connectivity index (χ0n) is 30.8. The van der Waals surface area contributed by atoms with Gasteiger partial charge >= 0.3 is 0 Å². The monoisotopic (exact) mass is 743 g/mol. The third-order valence-corrected chi connectivity index (χ3v) is 12.8. The molecule has 0 amide bonds. The number of aromatic nitrogens is 1. The van der Waals surface area contributed by atoms with Crippen molar-refractivity contribution < 1.29 is 4.42 Å². The summed E-state index contributed by atoms with van der Waals surface area (Å²) in [5.41, 5.74) is 14.5. The highest BCUT2D eigenvalue weighted by Gasteiger charge is 2.23. The van der Waals surface area contributed by atoms with E-state index in [9.17, 15) is 0 Å². The quantitative estimate of drug-likeness (QED) is 0.172. The van der Waals surface area contributed by atoms with Crippen molar-refractivity contribution in [3.05, 3.63) is 200 Å². The van der Waals surface area contributed by atoms with Gasteiger partial charge in [0.05, 0.1) is 16.7 Å². The number of thiophene rings is 1. The first-order valence-electron chi connectivity index (χ1n) is 19.4. The van der Waals surface area contributed by atoms with Gasteiger partial charge in [0, 0.05) is 52.8 Å². The number of para-hydroxylation sites is 1. The summed E-state index contributed by atoms with van der Waals surface area (Å²) in [5.74, 6) is 0. The number of fused-ring (bicyclic) bond motifs is 9. The van der Waals surface area contributed by atoms with Gasteiger partial charge in [-0.05, 0) is 75.8 Å². The molecule has 266 valence electrons. The van der Waals surface area contributed by atoms with Crippen molar-refractivity contribution in [2.24, 2.45) is 0 Å². The van der Waals surface area contributed by atoms with E-state index in [1.165, 1.54) is 64.3 Å². The average molecular weight is 744 g/mol. The summed E-state index contributed by atoms with van der Waals surface area (Å²) >= 11 is 1.87. The molecule has 0 aliphatic heterocycles. The van der Waals surface area contributed by atoms with Crippen LogP contribution in [0.3, 0.4) is 0 Å². The van der Waals surface area contributed by atoms with E-state index in [1.807, 2.05) is 11.3 Å². The minimum absolute atomic E-state index is 0.874. The molecule has 3 heteroatoms. The van der Waals surface area contributed by atoms with Crippen LogP contribution in [0.15, 0.2) is 205 Å². The molecule has 0 bridgehead atoms. The maximum atomic E-state index is 7.29. The maximum absolute atomic E-state index is 7.29. The van der Waals surface area contributed by atoms with Gasteiger partial charge in [0.1, 0.15) is 5.58 Å². The molecule has 3 heterocycles. The van der Waals surface area contributed by atoms with Crippen LogP contribution in [0.5, 0.6) is 0 Å². The zero-order chi connectivity index (χ0) is 37.5. The molecule has 0 aliphatic carbocycles. The second-order valence-corrected chi connectivity index (χ2v) is 15.9. The van der Waals surface area contributed by atoms with Crippen LogP contribution < -0.4 is 0 Å². The molecule has 0 fully saturated rings. The van der Waals surface area contributed by atoms with Crippen molar-refractivity contribution >= 4 is 75.3 Å². The van der Waals surface area contributed by atoms with Gasteiger partial charge in [-0.15, -0.1) is 11.3 Å². The predicted octanol–water partition coefficient (Wildman–Crippen LogP) is 15.7. The smallest absolute Gasteiger partial charge is 0.159 e. The number of hydrogen-bond donors (Lipinski definition) is 0. The summed E-state index contributed by atoms with van der Waals surface area (Å²) in [5, 5.41) is 7.24. The van der Waals surface area contributed by atoms with E-state index < -0.39 is 0 Å². The van der Waals surface area contributed by atoms with Crippen molar-refractivity contribution in [2.75, 3.05) is 0 Å². The average Bonchev–Trinajstić information content (AvgIpc) is 3.97. The Bertz CT molecular complexity index is 3400. The molecule has 9 aromatic carbocycles. The van der Waals surface area contributed by atoms with Crippen LogP contribution in [0.25, 0.3) is 114 Å². The number of furan rings is 1. The number of nitrogens with zero attached hydrogens (tertiary/aromatic N) is 1. The fourth-order valence-corrected chi connectivity index (χ4v) is 10.2. The summed E-state index contributed by atoms with van der Waals surface area (Å²) in [6.07, 6.45) is 0. The lowest BCUT2D eigenvalue weighted by atomic mass is 9.94. The Morgan fingerprint density at radius 1 is 0.351 bits per heavy atom. The van der Waals surface area contributed by atoms with E-state index in [4.69, 9.17) is 4.42 Å². The summed E-state index contributed by atoms with van der Waals surface area (Å²) in [6.45, 7) is 0. The number of hydrogen-bond acceptors (Lipinski definition) is 2. The van der Waals surface area contributed by atoms with E-state index in [0.29, 0.717) is 0 Å². The minimum Gasteiger partial charge on any atom is -0.453 e. The molecule has 0 radical (unpaired) electrons. The number of benzene rings is 9. The Balaban J connectivity index is 1.17. The van der Waals surface area contributed by atoms with E-state index in [0.717, 1.165) is 49.8 Å². The molecule has 12 aromatic rings. The summed E-state index contributed by atoms with van der Waals surface area (Å²) in [4.78, 5) is 0. The van der Waals surface area contributed by atoms with Crippen LogP contribution in [0.1, 0.15) is 0 Å². The van der Waals surface area contributed by atoms with Crippen molar-refractivity contribution in [3.8, 4) is 50.2 Å². The molecule has 0 spiro atoms. The predicted molar refractivity (Wildman–Crippen MR) is 243 cm³/mol. The molecular weight excluding hydrogens is 711 g/mol. The molecule has 2 nitrogen and oxygen atoms in total. The first-order valence-corrected chi connectivity index (χ1v) is 20.2. The van der Waals surface area contributed by atoms with Crippen molar-refractivity contribution in [1.82, 2.24) is 4.57 Å². The van der Waals surface area contributed by atoms with E-state index in [-0.39, 0.29) is 0 Å². The lowest BCUT2D eigenvalue weighted by Gasteiger charge is -2.10. The van der Waals surface area contributed by atoms with Gasteiger partial charge in [-0.25, -0.2) is 0 Å². The van der Waals surface area contributed by atoms with Gasteiger partial charge in [0.2, 0.25) is 0 Å². The summed E-state index contributed by atoms with van der Waals surface area (Å²) in [6, 6.07) is 72.4. The van der Waals surface area contributed by atoms with Crippen LogP contribution in [-0.2, 0) is 0 Å². The van der Waals surface area contributed by atoms with Crippen molar-refractivity contribution in [3.63, 3.8) is 0 Å². The lowest BCUT2D eigenvalue weighted by molar-refractivity contribution is 0.667. The summed E-state index contributed by atoms with van der Waals surface area (Å²) < 4.78 is 12.3. The Morgan fingerprint density at radius 3 is 1.60 bits per heavy atom. The fourth-order valence-electron chi connectivity index (χ4n) is 9.00. The standard InChI is InChI=1S/C54H33NOS/c1-4-14-34(15-5-1)37-26-30-47-45(32-37)46-33-38(35-16-6-2-7-17-35)27-31-48(46)55(47)49-24-13-23-44-51-41(29-28-39(53(51)56-52(44)49)36-18-8-3-9-19-36)43-22-12-21-42-40-20-10-11-25-50(40)57-54(42)43/h1-33H. The molecule has 0 saturated carbocycles. The van der Waals surface area contributed by atoms with Crippen LogP contribution in [0.2, 0.25) is 0 Å². The van der Waals surface area contributed by atoms with Crippen LogP contribution in [0, 0.1) is 0 Å². The lowest BCUT2D eigenvalue weighted by Crippen LogP contribution is -1.94. The highest BCUT2D eigenvalue weighted by atomic mass is 32.1. The molecule has 57 heavy (non-hydrogen) atoms. The van der Waals surface area contributed by atoms with Crippen molar-refractivity contribution in [2.45, 2.75) is 0 Å². The van der Waals surface area contributed by atoms with Gasteiger partial charge in [-0.2, -0.15) is 0 Å². The van der Waals surface area contributed by atoms with Crippen molar-refractivity contribution in [1.29, 1.82) is 0 Å².